The molecular formula is C11H15NO5. The van der Waals surface area contributed by atoms with Gasteiger partial charge in [0.25, 0.3) is 5.91 Å². The van der Waals surface area contributed by atoms with E-state index in [2.05, 4.69) is 0 Å². The third-order valence-electron chi connectivity index (χ3n) is 3.19. The number of Topliss-reactive ketones (excluding diaryl/α,β-unsaturated/α-hetero) is 1. The maximum Gasteiger partial charge on any atom is 0.326 e. The smallest absolute Gasteiger partial charge is 0.326 e. The minimum absolute atomic E-state index is 0.0890. The van der Waals surface area contributed by atoms with Crippen molar-refractivity contribution in [1.29, 1.82) is 0 Å². The minimum atomic E-state index is -1.05. The molecule has 0 bridgehead atoms. The summed E-state index contributed by atoms with van der Waals surface area (Å²) in [5, 5.41) is 9.04. The lowest BCUT2D eigenvalue weighted by Gasteiger charge is -2.33. The monoisotopic (exact) mass is 241 g/mol. The number of aliphatic carboxylic acids is 1. The predicted molar refractivity (Wildman–Crippen MR) is 56.4 cm³/mol. The van der Waals surface area contributed by atoms with E-state index in [1.54, 1.807) is 0 Å². The number of carbonyl (C=O) groups is 3. The van der Waals surface area contributed by atoms with Crippen LogP contribution in [0.1, 0.15) is 25.7 Å². The Balaban J connectivity index is 2.10. The molecule has 0 aliphatic carbocycles. The highest BCUT2D eigenvalue weighted by molar-refractivity contribution is 5.93. The third kappa shape index (κ3) is 2.46. The van der Waals surface area contributed by atoms with Gasteiger partial charge in [0, 0.05) is 13.0 Å². The van der Waals surface area contributed by atoms with E-state index < -0.39 is 18.1 Å². The van der Waals surface area contributed by atoms with Gasteiger partial charge >= 0.3 is 5.97 Å². The van der Waals surface area contributed by atoms with Gasteiger partial charge in [0.15, 0.2) is 5.78 Å². The van der Waals surface area contributed by atoms with E-state index in [0.29, 0.717) is 13.0 Å². The van der Waals surface area contributed by atoms with Gasteiger partial charge in [-0.05, 0) is 19.3 Å². The van der Waals surface area contributed by atoms with E-state index in [0.717, 1.165) is 11.3 Å². The van der Waals surface area contributed by atoms with Crippen LogP contribution in [0.25, 0.3) is 0 Å². The Morgan fingerprint density at radius 3 is 2.71 bits per heavy atom. The van der Waals surface area contributed by atoms with E-state index in [4.69, 9.17) is 9.84 Å². The van der Waals surface area contributed by atoms with E-state index >= 15 is 0 Å². The van der Waals surface area contributed by atoms with Crippen molar-refractivity contribution in [2.24, 2.45) is 0 Å². The number of likely N-dealkylation sites (tertiary alicyclic amines) is 1. The number of hydrogen-bond acceptors (Lipinski definition) is 4. The van der Waals surface area contributed by atoms with Crippen molar-refractivity contribution in [3.63, 3.8) is 0 Å². The Morgan fingerprint density at radius 2 is 2.12 bits per heavy atom. The van der Waals surface area contributed by atoms with Gasteiger partial charge in [-0.25, -0.2) is 4.79 Å². The fraction of sp³-hybridized carbons (Fsp3) is 0.727. The first-order valence-corrected chi connectivity index (χ1v) is 5.76. The van der Waals surface area contributed by atoms with Crippen molar-refractivity contribution in [2.75, 3.05) is 13.2 Å². The van der Waals surface area contributed by atoms with E-state index in [1.807, 2.05) is 0 Å². The zero-order valence-corrected chi connectivity index (χ0v) is 9.42. The number of carboxylic acid groups (broad SMARTS) is 1. The van der Waals surface area contributed by atoms with Gasteiger partial charge in [0.2, 0.25) is 0 Å². The summed E-state index contributed by atoms with van der Waals surface area (Å²) in [6.07, 6.45) is 1.27. The fourth-order valence-electron chi connectivity index (χ4n) is 2.28. The minimum Gasteiger partial charge on any atom is -0.480 e. The molecule has 94 valence electrons. The van der Waals surface area contributed by atoms with Crippen LogP contribution in [0, 0.1) is 0 Å². The summed E-state index contributed by atoms with van der Waals surface area (Å²) in [4.78, 5) is 35.6. The molecule has 2 heterocycles. The highest BCUT2D eigenvalue weighted by Crippen LogP contribution is 2.21. The number of ether oxygens (including phenoxy) is 1. The number of piperidine rings is 1. The van der Waals surface area contributed by atoms with Crippen molar-refractivity contribution in [2.45, 2.75) is 37.8 Å². The van der Waals surface area contributed by atoms with Crippen LogP contribution in [-0.4, -0.2) is 53.0 Å². The van der Waals surface area contributed by atoms with Gasteiger partial charge in [0.05, 0.1) is 6.54 Å². The second-order valence-corrected chi connectivity index (χ2v) is 4.40. The predicted octanol–water partition coefficient (Wildman–Crippen LogP) is -0.190. The molecule has 6 heteroatoms. The lowest BCUT2D eigenvalue weighted by molar-refractivity contribution is -0.158. The highest BCUT2D eigenvalue weighted by atomic mass is 16.5. The zero-order chi connectivity index (χ0) is 12.4. The van der Waals surface area contributed by atoms with Crippen molar-refractivity contribution in [3.05, 3.63) is 0 Å². The molecule has 2 unspecified atom stereocenters. The van der Waals surface area contributed by atoms with Crippen LogP contribution in [0.15, 0.2) is 0 Å². The van der Waals surface area contributed by atoms with Gasteiger partial charge in [-0.2, -0.15) is 0 Å². The van der Waals surface area contributed by atoms with Gasteiger partial charge in [-0.15, -0.1) is 0 Å². The van der Waals surface area contributed by atoms with Crippen molar-refractivity contribution < 1.29 is 24.2 Å². The van der Waals surface area contributed by atoms with Crippen molar-refractivity contribution >= 4 is 17.7 Å². The van der Waals surface area contributed by atoms with Crippen LogP contribution in [0.2, 0.25) is 0 Å². The molecule has 1 N–H and O–H groups in total. The van der Waals surface area contributed by atoms with Gasteiger partial charge in [0.1, 0.15) is 12.1 Å². The molecule has 0 aromatic rings. The Bertz CT molecular complexity index is 348. The third-order valence-corrected chi connectivity index (χ3v) is 3.19. The van der Waals surface area contributed by atoms with Crippen molar-refractivity contribution in [1.82, 2.24) is 4.90 Å². The standard InChI is InChI=1S/C11H15NO5/c13-7-3-4-8(11(15)16)12(6-7)10(14)9-2-1-5-17-9/h8-9H,1-6H2,(H,15,16). The molecule has 0 aromatic carbocycles. The molecular weight excluding hydrogens is 226 g/mol. The topological polar surface area (TPSA) is 83.9 Å². The van der Waals surface area contributed by atoms with Crippen LogP contribution in [0.4, 0.5) is 0 Å². The average molecular weight is 241 g/mol. The molecule has 0 aromatic heterocycles. The molecule has 2 aliphatic rings. The number of nitrogens with zero attached hydrogens (tertiary/aromatic N) is 1. The number of ketones is 1. The lowest BCUT2D eigenvalue weighted by atomic mass is 10.00. The zero-order valence-electron chi connectivity index (χ0n) is 9.42. The summed E-state index contributed by atoms with van der Waals surface area (Å²) in [5.41, 5.74) is 0. The first-order valence-electron chi connectivity index (χ1n) is 5.76. The van der Waals surface area contributed by atoms with Gasteiger partial charge in [-0.3, -0.25) is 9.59 Å². The molecule has 17 heavy (non-hydrogen) atoms. The molecule has 2 rings (SSSR count). The van der Waals surface area contributed by atoms with Crippen LogP contribution < -0.4 is 0 Å². The second-order valence-electron chi connectivity index (χ2n) is 4.40. The van der Waals surface area contributed by atoms with Crippen LogP contribution in [0.3, 0.4) is 0 Å². The summed E-state index contributed by atoms with van der Waals surface area (Å²) >= 11 is 0. The Kier molecular flexibility index (Phi) is 3.42. The molecule has 0 saturated carbocycles. The summed E-state index contributed by atoms with van der Waals surface area (Å²) in [5.74, 6) is -1.50. The number of hydrogen-bond donors (Lipinski definition) is 1. The summed E-state index contributed by atoms with van der Waals surface area (Å²) in [6.45, 7) is 0.422. The summed E-state index contributed by atoms with van der Waals surface area (Å²) in [6, 6.07) is -0.885. The summed E-state index contributed by atoms with van der Waals surface area (Å²) in [7, 11) is 0. The largest absolute Gasteiger partial charge is 0.480 e. The Labute approximate surface area is 98.5 Å². The first-order chi connectivity index (χ1) is 8.09. The Morgan fingerprint density at radius 1 is 1.35 bits per heavy atom. The number of carboxylic acids is 1. The molecule has 1 amide bonds. The van der Waals surface area contributed by atoms with E-state index in [1.165, 1.54) is 0 Å². The van der Waals surface area contributed by atoms with Crippen molar-refractivity contribution in [3.8, 4) is 0 Å². The average Bonchev–Trinajstić information content (AvgIpc) is 2.80. The van der Waals surface area contributed by atoms with E-state index in [9.17, 15) is 14.4 Å². The number of rotatable bonds is 2. The molecule has 2 saturated heterocycles. The van der Waals surface area contributed by atoms with Gasteiger partial charge in [-0.1, -0.05) is 0 Å². The first kappa shape index (κ1) is 12.0. The van der Waals surface area contributed by atoms with Gasteiger partial charge < -0.3 is 14.7 Å². The maximum atomic E-state index is 12.0. The van der Waals surface area contributed by atoms with E-state index in [-0.39, 0.29) is 31.1 Å². The second kappa shape index (κ2) is 4.83. The van der Waals surface area contributed by atoms with Crippen LogP contribution in [0.5, 0.6) is 0 Å². The number of carbonyl (C=O) groups excluding carboxylic acids is 2. The maximum absolute atomic E-state index is 12.0. The number of amides is 1. The SMILES string of the molecule is O=C1CCC(C(=O)O)N(C(=O)C2CCCO2)C1. The Hall–Kier alpha value is -1.43. The molecule has 2 atom stereocenters. The molecule has 2 aliphatic heterocycles. The molecule has 2 fully saturated rings. The highest BCUT2D eigenvalue weighted by Gasteiger charge is 2.39. The lowest BCUT2D eigenvalue weighted by Crippen LogP contribution is -2.53. The fourth-order valence-corrected chi connectivity index (χ4v) is 2.28. The normalized spacial score (nSPS) is 29.4. The molecule has 6 nitrogen and oxygen atoms in total. The van der Waals surface area contributed by atoms with Crippen LogP contribution >= 0.6 is 0 Å². The molecule has 0 spiro atoms. The molecule has 0 radical (unpaired) electrons. The van der Waals surface area contributed by atoms with Crippen LogP contribution in [-0.2, 0) is 19.1 Å². The quantitative estimate of drug-likeness (QED) is 0.724. The summed E-state index contributed by atoms with van der Waals surface area (Å²) < 4.78 is 5.24.